The van der Waals surface area contributed by atoms with Gasteiger partial charge in [-0.2, -0.15) is 0 Å². The molecule has 15 rings (SSSR count). The van der Waals surface area contributed by atoms with Crippen LogP contribution in [0.5, 0.6) is 0 Å². The number of anilines is 11. The van der Waals surface area contributed by atoms with E-state index in [1.807, 2.05) is 72.9 Å². The molecule has 8 N–H and O–H groups in total. The standard InChI is InChI=1S/C28H28N6O2.C27H26FN7O.C26H24FN7O/c1-3-18-8-9-20-15-31-28(33-22-10-11-23(30-16-22)24-17-29-12-13-36-24)34-27(20)26(18)19-6-5-7-21(14-19)32-25(35)4-2;1-3-24(36)31-20-6-4-5-18(15-20)25-22(28)9-7-19-16-30-27(33-26(19)25)32-21-8-10-23(29-17-21)35-13-11-34(2)12-14-35;1-2-23(35)31-19-5-3-4-17(14-19)24-21(27)8-6-18-15-30-26(33-25(18)24)32-20-7-9-22(29-16-20)34-12-10-28-11-13-34/h4-11,14-16,24,29H,2-3,12-13,17H2,1H3,(H,32,35)(H,31,33,34);3-10,15-17H,1,11-14H2,2H3,(H,31,36)(H,30,32,33);2-9,14-16,28H,1,10-13H2,(H,31,35)(H,30,32,33). The molecular formula is C81H78F2N20O4. The number of aromatic nitrogens is 9. The van der Waals surface area contributed by atoms with Crippen molar-refractivity contribution in [1.29, 1.82) is 0 Å². The lowest BCUT2D eigenvalue weighted by atomic mass is 9.95. The first-order valence-electron chi connectivity index (χ1n) is 35.0. The number of carbonyl (C=O) groups excluding carboxylic acids is 3. The molecule has 9 heterocycles. The Labute approximate surface area is 616 Å². The number of benzene rings is 6. The normalized spacial score (nSPS) is 14.3. The molecule has 3 fully saturated rings. The van der Waals surface area contributed by atoms with Crippen LogP contribution in [0.15, 0.2) is 221 Å². The number of likely N-dealkylation sites (N-methyl/N-ethyl adjacent to an activating group) is 1. The zero-order valence-corrected chi connectivity index (χ0v) is 59.0. The smallest absolute Gasteiger partial charge is 0.247 e. The summed E-state index contributed by atoms with van der Waals surface area (Å²) in [5.74, 6) is 1.23. The molecule has 12 aromatic rings. The van der Waals surface area contributed by atoms with Gasteiger partial charge in [-0.25, -0.2) is 48.7 Å². The first-order valence-corrected chi connectivity index (χ1v) is 35.0. The van der Waals surface area contributed by atoms with Crippen molar-refractivity contribution in [2.75, 3.05) is 121 Å². The second-order valence-electron chi connectivity index (χ2n) is 25.3. The summed E-state index contributed by atoms with van der Waals surface area (Å²) in [7, 11) is 2.12. The number of hydrogen-bond donors (Lipinski definition) is 8. The van der Waals surface area contributed by atoms with Crippen LogP contribution < -0.4 is 52.3 Å². The molecule has 1 atom stereocenters. The molecule has 1 unspecified atom stereocenters. The molecule has 0 spiro atoms. The van der Waals surface area contributed by atoms with Gasteiger partial charge >= 0.3 is 0 Å². The van der Waals surface area contributed by atoms with Crippen LogP contribution in [0.3, 0.4) is 0 Å². The van der Waals surface area contributed by atoms with Crippen LogP contribution in [-0.2, 0) is 25.5 Å². The second kappa shape index (κ2) is 34.1. The molecule has 0 bridgehead atoms. The van der Waals surface area contributed by atoms with E-state index in [0.717, 1.165) is 134 Å². The zero-order chi connectivity index (χ0) is 74.2. The van der Waals surface area contributed by atoms with Gasteiger partial charge < -0.3 is 62.0 Å². The fourth-order valence-electron chi connectivity index (χ4n) is 12.5. The minimum atomic E-state index is -0.420. The number of morpholine rings is 1. The van der Waals surface area contributed by atoms with Crippen molar-refractivity contribution in [2.24, 2.45) is 0 Å². The quantitative estimate of drug-likeness (QED) is 0.0349. The largest absolute Gasteiger partial charge is 0.369 e. The van der Waals surface area contributed by atoms with E-state index in [9.17, 15) is 14.4 Å². The second-order valence-corrected chi connectivity index (χ2v) is 25.3. The maximum absolute atomic E-state index is 15.1. The van der Waals surface area contributed by atoms with E-state index >= 15 is 8.78 Å². The summed E-state index contributed by atoms with van der Waals surface area (Å²) >= 11 is 0. The van der Waals surface area contributed by atoms with E-state index in [-0.39, 0.29) is 23.8 Å². The number of hydrogen-bond acceptors (Lipinski definition) is 21. The number of rotatable bonds is 19. The fourth-order valence-corrected chi connectivity index (χ4v) is 12.5. The fraction of sp³-hybridized carbons (Fsp3) is 0.185. The van der Waals surface area contributed by atoms with Crippen molar-refractivity contribution >= 4 is 114 Å². The van der Waals surface area contributed by atoms with Crippen molar-refractivity contribution in [2.45, 2.75) is 19.4 Å². The molecular weight excluding hydrogens is 1360 g/mol. The molecule has 3 aliphatic rings. The van der Waals surface area contributed by atoms with Gasteiger partial charge in [0.25, 0.3) is 0 Å². The van der Waals surface area contributed by atoms with Crippen LogP contribution in [0.4, 0.5) is 72.4 Å². The lowest BCUT2D eigenvalue weighted by Crippen LogP contribution is -2.44. The molecule has 26 heteroatoms. The summed E-state index contributed by atoms with van der Waals surface area (Å²) in [6.45, 7) is 22.5. The van der Waals surface area contributed by atoms with Crippen molar-refractivity contribution < 1.29 is 27.9 Å². The van der Waals surface area contributed by atoms with E-state index in [2.05, 4.69) is 137 Å². The number of amides is 3. The number of halogens is 2. The Morgan fingerprint density at radius 2 is 0.907 bits per heavy atom. The SMILES string of the molecule is C=CC(=O)Nc1cccc(-c2c(CC)ccc3cnc(Nc4ccc(C5CNCCO5)nc4)nc23)c1.C=CC(=O)Nc1cccc(-c2c(F)ccc3cnc(Nc4ccc(N5CCN(C)CC5)nc4)nc23)c1.C=CC(=O)Nc1cccc(-c2c(F)ccc3cnc(Nc4ccc(N5CCNCC5)nc4)nc23)c1. The molecule has 24 nitrogen and oxygen atoms in total. The Hall–Kier alpha value is -12.9. The van der Waals surface area contributed by atoms with E-state index in [1.54, 1.807) is 91.6 Å². The Balaban J connectivity index is 0.000000142. The minimum Gasteiger partial charge on any atom is -0.369 e. The zero-order valence-electron chi connectivity index (χ0n) is 59.0. The van der Waals surface area contributed by atoms with Gasteiger partial charge in [0.15, 0.2) is 0 Å². The summed E-state index contributed by atoms with van der Waals surface area (Å²) in [5.41, 5.74) is 11.7. The highest BCUT2D eigenvalue weighted by Gasteiger charge is 2.22. The van der Waals surface area contributed by atoms with E-state index in [1.165, 1.54) is 30.4 Å². The number of nitrogens with one attached hydrogen (secondary N) is 8. The van der Waals surface area contributed by atoms with Crippen molar-refractivity contribution in [1.82, 2.24) is 60.4 Å². The number of pyridine rings is 3. The first kappa shape index (κ1) is 72.5. The molecule has 0 aliphatic carbocycles. The molecule has 6 aromatic heterocycles. The molecule has 540 valence electrons. The van der Waals surface area contributed by atoms with Crippen molar-refractivity contribution in [3.05, 3.63) is 244 Å². The maximum Gasteiger partial charge on any atom is 0.247 e. The number of carbonyl (C=O) groups is 3. The third-order valence-corrected chi connectivity index (χ3v) is 18.0. The van der Waals surface area contributed by atoms with Crippen molar-refractivity contribution in [3.63, 3.8) is 0 Å². The van der Waals surface area contributed by atoms with Crippen LogP contribution >= 0.6 is 0 Å². The van der Waals surface area contributed by atoms with E-state index in [0.29, 0.717) is 85.6 Å². The van der Waals surface area contributed by atoms with Gasteiger partial charge in [0.1, 0.15) is 29.4 Å². The number of piperazine rings is 2. The predicted octanol–water partition coefficient (Wildman–Crippen LogP) is 13.3. The van der Waals surface area contributed by atoms with Crippen LogP contribution in [0.25, 0.3) is 66.1 Å². The number of fused-ring (bicyclic) bond motifs is 3. The third-order valence-electron chi connectivity index (χ3n) is 18.0. The van der Waals surface area contributed by atoms with E-state index < -0.39 is 11.6 Å². The molecule has 6 aromatic carbocycles. The lowest BCUT2D eigenvalue weighted by Gasteiger charge is -2.33. The highest BCUT2D eigenvalue weighted by atomic mass is 19.1. The van der Waals surface area contributed by atoms with Crippen LogP contribution in [-0.4, -0.2) is 147 Å². The lowest BCUT2D eigenvalue weighted by molar-refractivity contribution is -0.112. The summed E-state index contributed by atoms with van der Waals surface area (Å²) in [6.07, 6.45) is 14.8. The Kier molecular flexibility index (Phi) is 23.1. The molecule has 3 amide bonds. The number of nitrogens with zero attached hydrogens (tertiary/aromatic N) is 12. The summed E-state index contributed by atoms with van der Waals surface area (Å²) in [5, 5.41) is 26.8. The average molecular weight is 1430 g/mol. The van der Waals surface area contributed by atoms with Gasteiger partial charge in [-0.3, -0.25) is 19.4 Å². The monoisotopic (exact) mass is 1430 g/mol. The Morgan fingerprint density at radius 1 is 0.477 bits per heavy atom. The third kappa shape index (κ3) is 18.0. The highest BCUT2D eigenvalue weighted by Crippen LogP contribution is 2.37. The molecule has 3 aliphatic heterocycles. The van der Waals surface area contributed by atoms with Crippen LogP contribution in [0.1, 0.15) is 24.3 Å². The van der Waals surface area contributed by atoms with Gasteiger partial charge in [-0.1, -0.05) is 75.2 Å². The van der Waals surface area contributed by atoms with Gasteiger partial charge in [0.2, 0.25) is 35.6 Å². The summed E-state index contributed by atoms with van der Waals surface area (Å²) in [6, 6.07) is 43.6. The number of aryl methyl sites for hydroxylation is 1. The van der Waals surface area contributed by atoms with Gasteiger partial charge in [-0.15, -0.1) is 0 Å². The molecule has 0 saturated carbocycles. The maximum atomic E-state index is 15.1. The van der Waals surface area contributed by atoms with Crippen LogP contribution in [0, 0.1) is 11.6 Å². The number of ether oxygens (including phenoxy) is 1. The van der Waals surface area contributed by atoms with Gasteiger partial charge in [-0.05, 0) is 151 Å². The summed E-state index contributed by atoms with van der Waals surface area (Å²) in [4.78, 5) is 83.2. The Bertz CT molecular complexity index is 5230. The molecule has 107 heavy (non-hydrogen) atoms. The first-order chi connectivity index (χ1) is 52.2. The van der Waals surface area contributed by atoms with Crippen molar-refractivity contribution in [3.8, 4) is 33.4 Å². The van der Waals surface area contributed by atoms with Gasteiger partial charge in [0, 0.05) is 134 Å². The summed E-state index contributed by atoms with van der Waals surface area (Å²) < 4.78 is 35.9. The van der Waals surface area contributed by atoms with Gasteiger partial charge in [0.05, 0.1) is 64.5 Å². The minimum absolute atomic E-state index is 0.0354. The Morgan fingerprint density at radius 3 is 1.32 bits per heavy atom. The molecule has 3 saturated heterocycles. The predicted molar refractivity (Wildman–Crippen MR) is 420 cm³/mol. The topological polar surface area (TPSA) is 282 Å². The molecule has 0 radical (unpaired) electrons. The van der Waals surface area contributed by atoms with E-state index in [4.69, 9.17) is 9.72 Å². The van der Waals surface area contributed by atoms with Crippen LogP contribution in [0.2, 0.25) is 0 Å². The highest BCUT2D eigenvalue weighted by molar-refractivity contribution is 6.03. The average Bonchev–Trinajstić information content (AvgIpc) is 0.789.